The third-order valence-electron chi connectivity index (χ3n) is 4.05. The number of ether oxygens (including phenoxy) is 2. The van der Waals surface area contributed by atoms with Gasteiger partial charge in [-0.2, -0.15) is 5.10 Å². The monoisotopic (exact) mass is 391 g/mol. The van der Waals surface area contributed by atoms with Crippen LogP contribution in [0.5, 0.6) is 5.75 Å². The average molecular weight is 391 g/mol. The molecular formula is C19H22FN3O5. The molecule has 150 valence electrons. The summed E-state index contributed by atoms with van der Waals surface area (Å²) in [5.41, 5.74) is -0.197. The molecule has 2 aromatic rings. The number of hydrogen-bond donors (Lipinski definition) is 1. The van der Waals surface area contributed by atoms with Gasteiger partial charge >= 0.3 is 5.97 Å². The fourth-order valence-corrected chi connectivity index (χ4v) is 2.52. The number of carbonyl (C=O) groups excluding carboxylic acids is 2. The standard InChI is InChI=1S/C19H22FN3O5/c1-11(2)18(19(26)28-4)21-16(24)10-23-17(25)8-7-15(22-23)13-6-5-12(27-3)9-14(13)20/h5-9,11,18H,10H2,1-4H3,(H,21,24). The van der Waals surface area contributed by atoms with Crippen LogP contribution in [-0.2, 0) is 20.9 Å². The summed E-state index contributed by atoms with van der Waals surface area (Å²) in [7, 11) is 2.65. The second-order valence-electron chi connectivity index (χ2n) is 6.37. The second kappa shape index (κ2) is 9.12. The lowest BCUT2D eigenvalue weighted by Crippen LogP contribution is -2.47. The number of carbonyl (C=O) groups is 2. The molecule has 8 nitrogen and oxygen atoms in total. The van der Waals surface area contributed by atoms with Gasteiger partial charge in [0.15, 0.2) is 0 Å². The average Bonchev–Trinajstić information content (AvgIpc) is 2.67. The van der Waals surface area contributed by atoms with E-state index in [1.54, 1.807) is 19.9 Å². The van der Waals surface area contributed by atoms with Gasteiger partial charge in [0, 0.05) is 17.7 Å². The Balaban J connectivity index is 2.25. The molecule has 0 aliphatic rings. The van der Waals surface area contributed by atoms with Crippen molar-refractivity contribution in [3.05, 3.63) is 46.5 Å². The highest BCUT2D eigenvalue weighted by Gasteiger charge is 2.25. The van der Waals surface area contributed by atoms with E-state index in [4.69, 9.17) is 4.74 Å². The van der Waals surface area contributed by atoms with Crippen LogP contribution >= 0.6 is 0 Å². The van der Waals surface area contributed by atoms with Crippen LogP contribution < -0.4 is 15.6 Å². The zero-order valence-electron chi connectivity index (χ0n) is 16.1. The van der Waals surface area contributed by atoms with E-state index in [-0.39, 0.29) is 17.2 Å². The molecule has 2 rings (SSSR count). The summed E-state index contributed by atoms with van der Waals surface area (Å²) >= 11 is 0. The maximum Gasteiger partial charge on any atom is 0.328 e. The van der Waals surface area contributed by atoms with Crippen LogP contribution in [0.2, 0.25) is 0 Å². The summed E-state index contributed by atoms with van der Waals surface area (Å²) < 4.78 is 24.8. The molecule has 0 bridgehead atoms. The quantitative estimate of drug-likeness (QED) is 0.716. The molecule has 28 heavy (non-hydrogen) atoms. The predicted molar refractivity (Wildman–Crippen MR) is 99.2 cm³/mol. The number of hydrogen-bond acceptors (Lipinski definition) is 6. The van der Waals surface area contributed by atoms with Crippen molar-refractivity contribution in [3.8, 4) is 17.0 Å². The summed E-state index contributed by atoms with van der Waals surface area (Å²) in [5, 5.41) is 6.59. The van der Waals surface area contributed by atoms with Crippen LogP contribution in [-0.4, -0.2) is 41.9 Å². The number of esters is 1. The van der Waals surface area contributed by atoms with Gasteiger partial charge in [-0.25, -0.2) is 13.9 Å². The molecule has 1 unspecified atom stereocenters. The lowest BCUT2D eigenvalue weighted by molar-refractivity contribution is -0.146. The number of halogens is 1. The largest absolute Gasteiger partial charge is 0.497 e. The molecule has 1 aromatic carbocycles. The number of nitrogens with zero attached hydrogens (tertiary/aromatic N) is 2. The number of amides is 1. The number of benzene rings is 1. The van der Waals surface area contributed by atoms with Crippen LogP contribution in [0.15, 0.2) is 35.1 Å². The molecule has 1 amide bonds. The molecule has 0 aliphatic carbocycles. The summed E-state index contributed by atoms with van der Waals surface area (Å²) in [6.45, 7) is 3.07. The van der Waals surface area contributed by atoms with Crippen molar-refractivity contribution in [2.75, 3.05) is 14.2 Å². The Bertz CT molecular complexity index is 926. The molecule has 1 atom stereocenters. The number of methoxy groups -OCH3 is 2. The minimum Gasteiger partial charge on any atom is -0.497 e. The Labute approximate surface area is 161 Å². The van der Waals surface area contributed by atoms with Gasteiger partial charge in [-0.05, 0) is 24.1 Å². The summed E-state index contributed by atoms with van der Waals surface area (Å²) in [5.74, 6) is -1.62. The Morgan fingerprint density at radius 3 is 2.50 bits per heavy atom. The van der Waals surface area contributed by atoms with E-state index >= 15 is 0 Å². The zero-order valence-corrected chi connectivity index (χ0v) is 16.1. The van der Waals surface area contributed by atoms with E-state index in [9.17, 15) is 18.8 Å². The van der Waals surface area contributed by atoms with Gasteiger partial charge in [0.25, 0.3) is 5.56 Å². The van der Waals surface area contributed by atoms with E-state index < -0.39 is 35.8 Å². The molecule has 0 saturated carbocycles. The molecule has 0 aliphatic heterocycles. The van der Waals surface area contributed by atoms with Crippen LogP contribution in [0.4, 0.5) is 4.39 Å². The third-order valence-corrected chi connectivity index (χ3v) is 4.05. The third kappa shape index (κ3) is 4.93. The van der Waals surface area contributed by atoms with E-state index in [0.717, 1.165) is 4.68 Å². The molecule has 1 heterocycles. The van der Waals surface area contributed by atoms with Crippen LogP contribution in [0.3, 0.4) is 0 Å². The maximum atomic E-state index is 14.3. The maximum absolute atomic E-state index is 14.3. The van der Waals surface area contributed by atoms with E-state index in [2.05, 4.69) is 15.2 Å². The van der Waals surface area contributed by atoms with Crippen LogP contribution in [0.1, 0.15) is 13.8 Å². The van der Waals surface area contributed by atoms with Crippen LogP contribution in [0, 0.1) is 11.7 Å². The van der Waals surface area contributed by atoms with Crippen molar-refractivity contribution in [2.24, 2.45) is 5.92 Å². The first-order valence-electron chi connectivity index (χ1n) is 8.56. The SMILES string of the molecule is COC(=O)C(NC(=O)Cn1nc(-c2ccc(OC)cc2F)ccc1=O)C(C)C. The highest BCUT2D eigenvalue weighted by Crippen LogP contribution is 2.23. The molecule has 0 saturated heterocycles. The molecular weight excluding hydrogens is 369 g/mol. The predicted octanol–water partition coefficient (Wildman–Crippen LogP) is 1.37. The molecule has 0 spiro atoms. The van der Waals surface area contributed by atoms with Crippen molar-refractivity contribution in [2.45, 2.75) is 26.4 Å². The Kier molecular flexibility index (Phi) is 6.86. The smallest absolute Gasteiger partial charge is 0.328 e. The summed E-state index contributed by atoms with van der Waals surface area (Å²) in [6, 6.07) is 5.94. The van der Waals surface area contributed by atoms with Gasteiger partial charge < -0.3 is 14.8 Å². The molecule has 0 fully saturated rings. The van der Waals surface area contributed by atoms with Crippen molar-refractivity contribution in [1.82, 2.24) is 15.1 Å². The van der Waals surface area contributed by atoms with Crippen LogP contribution in [0.25, 0.3) is 11.3 Å². The first-order chi connectivity index (χ1) is 13.3. The van der Waals surface area contributed by atoms with E-state index in [0.29, 0.717) is 5.75 Å². The van der Waals surface area contributed by atoms with Gasteiger partial charge in [0.05, 0.1) is 19.9 Å². The van der Waals surface area contributed by atoms with Crippen molar-refractivity contribution >= 4 is 11.9 Å². The van der Waals surface area contributed by atoms with Gasteiger partial charge in [-0.1, -0.05) is 13.8 Å². The fraction of sp³-hybridized carbons (Fsp3) is 0.368. The van der Waals surface area contributed by atoms with Crippen molar-refractivity contribution in [3.63, 3.8) is 0 Å². The van der Waals surface area contributed by atoms with Gasteiger partial charge in [-0.15, -0.1) is 0 Å². The molecule has 9 heteroatoms. The Morgan fingerprint density at radius 2 is 1.93 bits per heavy atom. The number of rotatable bonds is 7. The minimum absolute atomic E-state index is 0.157. The van der Waals surface area contributed by atoms with Gasteiger partial charge in [0.1, 0.15) is 24.2 Å². The van der Waals surface area contributed by atoms with Gasteiger partial charge in [0.2, 0.25) is 5.91 Å². The highest BCUT2D eigenvalue weighted by atomic mass is 19.1. The second-order valence-corrected chi connectivity index (χ2v) is 6.37. The van der Waals surface area contributed by atoms with E-state index in [1.165, 1.54) is 38.5 Å². The lowest BCUT2D eigenvalue weighted by atomic mass is 10.0. The molecule has 0 radical (unpaired) electrons. The van der Waals surface area contributed by atoms with Crippen molar-refractivity contribution < 1.29 is 23.5 Å². The number of aromatic nitrogens is 2. The lowest BCUT2D eigenvalue weighted by Gasteiger charge is -2.19. The Hall–Kier alpha value is -3.23. The minimum atomic E-state index is -0.851. The first-order valence-corrected chi connectivity index (χ1v) is 8.56. The zero-order chi connectivity index (χ0) is 20.8. The normalized spacial score (nSPS) is 11.8. The van der Waals surface area contributed by atoms with E-state index in [1.807, 2.05) is 0 Å². The fourth-order valence-electron chi connectivity index (χ4n) is 2.52. The topological polar surface area (TPSA) is 99.5 Å². The summed E-state index contributed by atoms with van der Waals surface area (Å²) in [6.07, 6.45) is 0. The molecule has 1 N–H and O–H groups in total. The first kappa shape index (κ1) is 21.1. The summed E-state index contributed by atoms with van der Waals surface area (Å²) in [4.78, 5) is 36.1. The van der Waals surface area contributed by atoms with Crippen molar-refractivity contribution in [1.29, 1.82) is 0 Å². The molecule has 1 aromatic heterocycles. The number of nitrogens with one attached hydrogen (secondary N) is 1. The highest BCUT2D eigenvalue weighted by molar-refractivity contribution is 5.84. The van der Waals surface area contributed by atoms with Gasteiger partial charge in [-0.3, -0.25) is 9.59 Å². The Morgan fingerprint density at radius 1 is 1.21 bits per heavy atom.